The lowest BCUT2D eigenvalue weighted by Gasteiger charge is -2.26. The van der Waals surface area contributed by atoms with Gasteiger partial charge in [-0.3, -0.25) is 28.2 Å². The number of esters is 1. The Morgan fingerprint density at radius 3 is 2.91 bits per heavy atom. The first kappa shape index (κ1) is 25.5. The van der Waals surface area contributed by atoms with Crippen LogP contribution in [0.1, 0.15) is 30.7 Å². The number of carbonyl (C=O) groups is 1. The summed E-state index contributed by atoms with van der Waals surface area (Å²) in [5.41, 5.74) is 5.24. The van der Waals surface area contributed by atoms with E-state index in [9.17, 15) is 18.9 Å². The van der Waals surface area contributed by atoms with Crippen molar-refractivity contribution in [1.82, 2.24) is 9.55 Å². The number of para-hydroxylation sites is 1. The number of ether oxygens (including phenoxy) is 2. The third-order valence-corrected chi connectivity index (χ3v) is 6.92. The van der Waals surface area contributed by atoms with Crippen molar-refractivity contribution in [2.75, 3.05) is 6.61 Å². The Morgan fingerprint density at radius 2 is 2.17 bits per heavy atom. The number of fused-ring (bicyclic) bond motifs is 1. The molecule has 1 fully saturated rings. The third-order valence-electron chi connectivity index (χ3n) is 5.33. The van der Waals surface area contributed by atoms with Crippen LogP contribution in [0.15, 0.2) is 45.0 Å². The lowest BCUT2D eigenvalue weighted by atomic mass is 10.2. The number of hydrogen-bond acceptors (Lipinski definition) is 10. The summed E-state index contributed by atoms with van der Waals surface area (Å²) in [5.74, 6) is -0.314. The summed E-state index contributed by atoms with van der Waals surface area (Å²) in [6, 6.07) is 6.04. The van der Waals surface area contributed by atoms with Crippen LogP contribution in [0.2, 0.25) is 0 Å². The molecule has 12 nitrogen and oxygen atoms in total. The van der Waals surface area contributed by atoms with E-state index in [0.29, 0.717) is 11.3 Å². The quantitative estimate of drug-likeness (QED) is 0.372. The summed E-state index contributed by atoms with van der Waals surface area (Å²) in [6.45, 7) is 1.16. The van der Waals surface area contributed by atoms with Crippen LogP contribution in [0.4, 0.5) is 0 Å². The number of nitrogens with one attached hydrogen (secondary N) is 1. The van der Waals surface area contributed by atoms with Gasteiger partial charge < -0.3 is 19.7 Å². The van der Waals surface area contributed by atoms with Crippen molar-refractivity contribution in [2.24, 2.45) is 5.73 Å². The molecule has 0 aliphatic carbocycles. The number of H-pyrrole nitrogens is 1. The molecule has 188 valence electrons. The molecule has 35 heavy (non-hydrogen) atoms. The number of benzene rings is 1. The predicted octanol–water partition coefficient (Wildman–Crippen LogP) is 2.18. The number of halogens is 1. The Hall–Kier alpha value is -2.54. The van der Waals surface area contributed by atoms with Crippen LogP contribution in [-0.4, -0.2) is 40.4 Å². The highest BCUT2D eigenvalue weighted by Gasteiger charge is 2.43. The number of nitrogens with two attached hydrogens (primary N) is 1. The van der Waals surface area contributed by atoms with Gasteiger partial charge in [0.1, 0.15) is 30.2 Å². The normalized spacial score (nSPS) is 26.8. The fourth-order valence-electron chi connectivity index (χ4n) is 3.54. The summed E-state index contributed by atoms with van der Waals surface area (Å²) in [6.07, 6.45) is 0.0763. The van der Waals surface area contributed by atoms with Crippen molar-refractivity contribution in [2.45, 2.75) is 44.4 Å². The fourth-order valence-corrected chi connectivity index (χ4v) is 5.05. The van der Waals surface area contributed by atoms with Crippen LogP contribution in [0.5, 0.6) is 5.75 Å². The van der Waals surface area contributed by atoms with Crippen LogP contribution in [-0.2, 0) is 34.5 Å². The second-order valence-corrected chi connectivity index (χ2v) is 10.0. The fraction of sp³-hybridized carbons (Fsp3) is 0.381. The predicted molar refractivity (Wildman–Crippen MR) is 127 cm³/mol. The van der Waals surface area contributed by atoms with Crippen molar-refractivity contribution < 1.29 is 32.4 Å². The molecule has 14 heteroatoms. The average Bonchev–Trinajstić information content (AvgIpc) is 3.21. The van der Waals surface area contributed by atoms with Gasteiger partial charge in [0.15, 0.2) is 0 Å². The van der Waals surface area contributed by atoms with E-state index in [-0.39, 0.29) is 25.2 Å². The van der Waals surface area contributed by atoms with Gasteiger partial charge in [0.05, 0.1) is 18.8 Å². The smallest absolute Gasteiger partial charge is 0.458 e. The number of nitrogens with zero attached hydrogens (tertiary/aromatic N) is 1. The van der Waals surface area contributed by atoms with Crippen LogP contribution in [0.3, 0.4) is 0 Å². The van der Waals surface area contributed by atoms with E-state index in [2.05, 4.69) is 20.9 Å². The number of carbonyl (C=O) groups excluding carboxylic acids is 1. The SMILES string of the molecule is C[C@@H](N)C(=O)O[C@H]1C[C@H](n2cc(/C=C/Br)c(=O)[nH]c2=O)O[C@@H]1COP1(=O)OCc2ccccc2O1. The number of aromatic nitrogens is 2. The van der Waals surface area contributed by atoms with E-state index in [1.807, 2.05) is 0 Å². The second kappa shape index (κ2) is 10.6. The minimum atomic E-state index is -3.98. The van der Waals surface area contributed by atoms with Gasteiger partial charge in [0.2, 0.25) is 0 Å². The molecule has 0 saturated carbocycles. The molecule has 0 spiro atoms. The minimum absolute atomic E-state index is 0.0291. The van der Waals surface area contributed by atoms with E-state index in [4.69, 9.17) is 28.8 Å². The molecule has 0 amide bonds. The monoisotopic (exact) mass is 571 g/mol. The molecule has 2 aliphatic heterocycles. The molecular formula is C21H23BrN3O9P. The number of phosphoric acid groups is 1. The minimum Gasteiger partial charge on any atom is -0.458 e. The lowest BCUT2D eigenvalue weighted by molar-refractivity contribution is -0.154. The Bertz CT molecular complexity index is 1290. The highest BCUT2D eigenvalue weighted by Crippen LogP contribution is 2.54. The molecule has 1 aromatic carbocycles. The first-order valence-corrected chi connectivity index (χ1v) is 13.0. The van der Waals surface area contributed by atoms with Gasteiger partial charge in [0.25, 0.3) is 5.56 Å². The van der Waals surface area contributed by atoms with Crippen molar-refractivity contribution in [1.29, 1.82) is 0 Å². The van der Waals surface area contributed by atoms with Crippen molar-refractivity contribution >= 4 is 35.8 Å². The summed E-state index contributed by atoms with van der Waals surface area (Å²) in [4.78, 5) is 40.3. The van der Waals surface area contributed by atoms with Gasteiger partial charge >= 0.3 is 19.5 Å². The van der Waals surface area contributed by atoms with Gasteiger partial charge in [-0.15, -0.1) is 0 Å². The second-order valence-electron chi connectivity index (χ2n) is 7.89. The number of hydrogen-bond donors (Lipinski definition) is 2. The van der Waals surface area contributed by atoms with Gasteiger partial charge in [-0.25, -0.2) is 9.36 Å². The van der Waals surface area contributed by atoms with E-state index in [1.54, 1.807) is 24.3 Å². The highest BCUT2D eigenvalue weighted by atomic mass is 79.9. The average molecular weight is 572 g/mol. The maximum atomic E-state index is 13.0. The van der Waals surface area contributed by atoms with E-state index < -0.39 is 49.5 Å². The molecule has 3 N–H and O–H groups in total. The molecule has 1 aromatic heterocycles. The number of aromatic amines is 1. The summed E-state index contributed by atoms with van der Waals surface area (Å²) >= 11 is 3.09. The standard InChI is InChI=1S/C21H23BrN3O9P/c1-12(23)20(27)33-16-8-18(25-9-13(6-7-22)19(26)24-21(25)28)32-17(16)11-31-35(29)30-10-14-4-2-3-5-15(14)34-35/h2-7,9,12,16-18H,8,10-11,23H2,1H3,(H,24,26,28)/b7-6+/t12-,16+,17-,18-,35?/m1/s1. The van der Waals surface area contributed by atoms with E-state index >= 15 is 0 Å². The van der Waals surface area contributed by atoms with Gasteiger partial charge in [-0.2, -0.15) is 0 Å². The molecule has 0 bridgehead atoms. The molecule has 2 aliphatic rings. The topological polar surface area (TPSA) is 161 Å². The largest absolute Gasteiger partial charge is 0.530 e. The first-order valence-electron chi connectivity index (χ1n) is 10.6. The summed E-state index contributed by atoms with van der Waals surface area (Å²) in [7, 11) is -3.98. The molecule has 2 aromatic rings. The van der Waals surface area contributed by atoms with Crippen molar-refractivity contribution in [3.63, 3.8) is 0 Å². The lowest BCUT2D eigenvalue weighted by Crippen LogP contribution is -2.37. The van der Waals surface area contributed by atoms with Crippen LogP contribution < -0.4 is 21.5 Å². The van der Waals surface area contributed by atoms with Crippen LogP contribution >= 0.6 is 23.8 Å². The van der Waals surface area contributed by atoms with Crippen molar-refractivity contribution in [3.05, 3.63) is 67.4 Å². The highest BCUT2D eigenvalue weighted by molar-refractivity contribution is 9.11. The Kier molecular flexibility index (Phi) is 7.74. The number of rotatable bonds is 7. The zero-order valence-electron chi connectivity index (χ0n) is 18.5. The molecule has 3 heterocycles. The summed E-state index contributed by atoms with van der Waals surface area (Å²) < 4.78 is 41.8. The Morgan fingerprint density at radius 1 is 1.40 bits per heavy atom. The van der Waals surface area contributed by atoms with E-state index in [1.165, 1.54) is 28.7 Å². The van der Waals surface area contributed by atoms with Crippen LogP contribution in [0, 0.1) is 0 Å². The third kappa shape index (κ3) is 5.83. The maximum absolute atomic E-state index is 13.0. The first-order chi connectivity index (χ1) is 16.7. The van der Waals surface area contributed by atoms with Crippen LogP contribution in [0.25, 0.3) is 6.08 Å². The number of phosphoric ester groups is 1. The maximum Gasteiger partial charge on any atom is 0.530 e. The molecule has 0 radical (unpaired) electrons. The Labute approximate surface area is 207 Å². The molecule has 5 atom stereocenters. The van der Waals surface area contributed by atoms with Gasteiger partial charge in [0, 0.05) is 18.2 Å². The molecular weight excluding hydrogens is 549 g/mol. The van der Waals surface area contributed by atoms with E-state index in [0.717, 1.165) is 0 Å². The zero-order chi connectivity index (χ0) is 25.2. The Balaban J connectivity index is 1.54. The molecule has 4 rings (SSSR count). The summed E-state index contributed by atoms with van der Waals surface area (Å²) in [5, 5.41) is 0. The molecule has 1 unspecified atom stereocenters. The van der Waals surface area contributed by atoms with Crippen molar-refractivity contribution in [3.8, 4) is 5.75 Å². The molecule has 1 saturated heterocycles. The van der Waals surface area contributed by atoms with Gasteiger partial charge in [-0.1, -0.05) is 34.1 Å². The van der Waals surface area contributed by atoms with Gasteiger partial charge in [-0.05, 0) is 24.1 Å². The zero-order valence-corrected chi connectivity index (χ0v) is 21.0.